The number of anilines is 2. The second kappa shape index (κ2) is 9.24. The molecular formula is C21H15F6N5O4. The molecule has 0 atom stereocenters. The number of alkyl halides is 6. The number of carbonyl (C=O) groups is 2. The molecule has 2 aromatic heterocycles. The van der Waals surface area contributed by atoms with Crippen molar-refractivity contribution in [1.82, 2.24) is 14.5 Å². The second-order valence-electron chi connectivity index (χ2n) is 7.23. The number of aliphatic carboxylic acids is 2. The van der Waals surface area contributed by atoms with Crippen LogP contribution >= 0.6 is 0 Å². The van der Waals surface area contributed by atoms with E-state index >= 15 is 0 Å². The van der Waals surface area contributed by atoms with Crippen molar-refractivity contribution >= 4 is 45.5 Å². The first kappa shape index (κ1) is 26.1. The fraction of sp³-hybridized carbons (Fsp3) is 0.143. The van der Waals surface area contributed by atoms with E-state index in [4.69, 9.17) is 21.4 Å². The van der Waals surface area contributed by atoms with Gasteiger partial charge < -0.3 is 26.2 Å². The van der Waals surface area contributed by atoms with E-state index in [1.165, 1.54) is 35.0 Å². The molecule has 0 aliphatic heterocycles. The third-order valence-electron chi connectivity index (χ3n) is 4.82. The van der Waals surface area contributed by atoms with Crippen LogP contribution in [0.3, 0.4) is 0 Å². The zero-order valence-electron chi connectivity index (χ0n) is 17.7. The quantitative estimate of drug-likeness (QED) is 0.296. The SMILES string of the molecule is Nc1nc(N)c2c(cc(-c3ccccc3C(F)(F)F)c3c2ccn3CC(=O)O)n1.O=C(O)C(F)(F)F. The van der Waals surface area contributed by atoms with Gasteiger partial charge in [-0.1, -0.05) is 18.2 Å². The zero-order chi connectivity index (χ0) is 27.0. The van der Waals surface area contributed by atoms with E-state index in [2.05, 4.69) is 9.97 Å². The Balaban J connectivity index is 0.000000454. The van der Waals surface area contributed by atoms with Gasteiger partial charge in [-0.2, -0.15) is 31.3 Å². The van der Waals surface area contributed by atoms with Crippen LogP contribution in [0, 0.1) is 0 Å². The average molecular weight is 515 g/mol. The van der Waals surface area contributed by atoms with Gasteiger partial charge in [0.25, 0.3) is 0 Å². The number of nitrogens with two attached hydrogens (primary N) is 2. The fourth-order valence-electron chi connectivity index (χ4n) is 3.52. The molecule has 0 unspecified atom stereocenters. The predicted molar refractivity (Wildman–Crippen MR) is 116 cm³/mol. The fourth-order valence-corrected chi connectivity index (χ4v) is 3.52. The highest BCUT2D eigenvalue weighted by Crippen LogP contribution is 2.42. The van der Waals surface area contributed by atoms with Crippen LogP contribution in [0.5, 0.6) is 0 Å². The molecule has 0 saturated carbocycles. The van der Waals surface area contributed by atoms with Gasteiger partial charge in [0, 0.05) is 17.1 Å². The Morgan fingerprint density at radius 3 is 2.11 bits per heavy atom. The summed E-state index contributed by atoms with van der Waals surface area (Å²) in [6, 6.07) is 8.08. The molecule has 0 spiro atoms. The van der Waals surface area contributed by atoms with Gasteiger partial charge >= 0.3 is 24.3 Å². The maximum atomic E-state index is 13.6. The van der Waals surface area contributed by atoms with Gasteiger partial charge in [-0.25, -0.2) is 9.78 Å². The third-order valence-corrected chi connectivity index (χ3v) is 4.82. The molecule has 0 bridgehead atoms. The first-order valence-electron chi connectivity index (χ1n) is 9.64. The Bertz CT molecular complexity index is 1480. The number of halogens is 6. The number of carboxylic acids is 2. The molecule has 15 heteroatoms. The summed E-state index contributed by atoms with van der Waals surface area (Å²) in [4.78, 5) is 28.2. The van der Waals surface area contributed by atoms with E-state index in [0.29, 0.717) is 10.8 Å². The number of nitrogens with zero attached hydrogens (tertiary/aromatic N) is 3. The van der Waals surface area contributed by atoms with Gasteiger partial charge in [-0.05, 0) is 23.8 Å². The van der Waals surface area contributed by atoms with Crippen molar-refractivity contribution in [3.63, 3.8) is 0 Å². The highest BCUT2D eigenvalue weighted by molar-refractivity contribution is 6.16. The minimum Gasteiger partial charge on any atom is -0.480 e. The molecule has 0 fully saturated rings. The molecule has 9 nitrogen and oxygen atoms in total. The highest BCUT2D eigenvalue weighted by atomic mass is 19.4. The molecule has 0 radical (unpaired) electrons. The number of nitrogen functional groups attached to an aromatic ring is 2. The Hall–Kier alpha value is -4.56. The predicted octanol–water partition coefficient (Wildman–Crippen LogP) is 4.15. The molecule has 0 saturated heterocycles. The second-order valence-corrected chi connectivity index (χ2v) is 7.23. The van der Waals surface area contributed by atoms with E-state index in [1.807, 2.05) is 0 Å². The van der Waals surface area contributed by atoms with Gasteiger partial charge in [0.05, 0.1) is 22.0 Å². The Kier molecular flexibility index (Phi) is 6.69. The molecule has 0 aliphatic carbocycles. The summed E-state index contributed by atoms with van der Waals surface area (Å²) in [5.41, 5.74) is 11.4. The Labute approximate surface area is 196 Å². The van der Waals surface area contributed by atoms with Crippen molar-refractivity contribution in [1.29, 1.82) is 0 Å². The van der Waals surface area contributed by atoms with Gasteiger partial charge in [-0.15, -0.1) is 0 Å². The van der Waals surface area contributed by atoms with Crippen LogP contribution in [0.2, 0.25) is 0 Å². The summed E-state index contributed by atoms with van der Waals surface area (Å²) in [5.74, 6) is -3.96. The molecule has 4 rings (SSSR count). The van der Waals surface area contributed by atoms with Gasteiger partial charge in [-0.3, -0.25) is 4.79 Å². The molecule has 4 aromatic rings. The number of aromatic nitrogens is 3. The third kappa shape index (κ3) is 5.24. The topological polar surface area (TPSA) is 157 Å². The van der Waals surface area contributed by atoms with E-state index in [1.54, 1.807) is 6.07 Å². The highest BCUT2D eigenvalue weighted by Gasteiger charge is 2.38. The number of hydrogen-bond donors (Lipinski definition) is 4. The smallest absolute Gasteiger partial charge is 0.480 e. The minimum atomic E-state index is -5.08. The lowest BCUT2D eigenvalue weighted by Gasteiger charge is -2.16. The van der Waals surface area contributed by atoms with Crippen LogP contribution in [0.4, 0.5) is 38.1 Å². The van der Waals surface area contributed by atoms with E-state index in [-0.39, 0.29) is 33.9 Å². The summed E-state index contributed by atoms with van der Waals surface area (Å²) in [6.07, 6.45) is -8.21. The standard InChI is InChI=1S/C19H14F3N5O2.C2HF3O2/c20-19(21,22)12-4-2-1-3-9(12)11-7-13-15(17(23)26-18(24)25-13)10-5-6-27(16(10)11)8-14(28)29;3-2(4,5)1(6)7/h1-7H,8H2,(H,28,29)(H4,23,24,25,26);(H,6,7). The van der Waals surface area contributed by atoms with E-state index in [9.17, 15) is 36.2 Å². The van der Waals surface area contributed by atoms with Crippen molar-refractivity contribution in [3.05, 3.63) is 48.2 Å². The average Bonchev–Trinajstić information content (AvgIpc) is 3.14. The van der Waals surface area contributed by atoms with Crippen LogP contribution < -0.4 is 11.5 Å². The molecule has 36 heavy (non-hydrogen) atoms. The molecular weight excluding hydrogens is 500 g/mol. The van der Waals surface area contributed by atoms with Crippen LogP contribution in [0.25, 0.3) is 32.9 Å². The van der Waals surface area contributed by atoms with Gasteiger partial charge in [0.15, 0.2) is 0 Å². The van der Waals surface area contributed by atoms with Crippen LogP contribution in [0.15, 0.2) is 42.6 Å². The maximum absolute atomic E-state index is 13.6. The monoisotopic (exact) mass is 515 g/mol. The van der Waals surface area contributed by atoms with Crippen molar-refractivity contribution in [2.24, 2.45) is 0 Å². The largest absolute Gasteiger partial charge is 0.490 e. The minimum absolute atomic E-state index is 0.0567. The Morgan fingerprint density at radius 2 is 1.56 bits per heavy atom. The number of carboxylic acid groups (broad SMARTS) is 2. The number of hydrogen-bond acceptors (Lipinski definition) is 6. The Morgan fingerprint density at radius 1 is 0.944 bits per heavy atom. The molecule has 6 N–H and O–H groups in total. The van der Waals surface area contributed by atoms with Crippen molar-refractivity contribution in [2.75, 3.05) is 11.5 Å². The molecule has 2 aromatic carbocycles. The van der Waals surface area contributed by atoms with Crippen molar-refractivity contribution in [3.8, 4) is 11.1 Å². The number of rotatable bonds is 3. The summed E-state index contributed by atoms with van der Waals surface area (Å²) in [5, 5.41) is 17.2. The molecule has 2 heterocycles. The lowest BCUT2D eigenvalue weighted by molar-refractivity contribution is -0.192. The van der Waals surface area contributed by atoms with Crippen molar-refractivity contribution < 1.29 is 46.1 Å². The van der Waals surface area contributed by atoms with Crippen LogP contribution in [-0.4, -0.2) is 42.9 Å². The lowest BCUT2D eigenvalue weighted by Crippen LogP contribution is -2.21. The zero-order valence-corrected chi connectivity index (χ0v) is 17.7. The molecule has 190 valence electrons. The van der Waals surface area contributed by atoms with Gasteiger partial charge in [0.2, 0.25) is 5.95 Å². The number of benzene rings is 2. The molecule has 0 aliphatic rings. The van der Waals surface area contributed by atoms with Crippen LogP contribution in [-0.2, 0) is 22.3 Å². The summed E-state index contributed by atoms with van der Waals surface area (Å²) < 4.78 is 74.0. The summed E-state index contributed by atoms with van der Waals surface area (Å²) in [7, 11) is 0. The number of fused-ring (bicyclic) bond motifs is 3. The van der Waals surface area contributed by atoms with Crippen molar-refractivity contribution in [2.45, 2.75) is 18.9 Å². The summed E-state index contributed by atoms with van der Waals surface area (Å²) >= 11 is 0. The maximum Gasteiger partial charge on any atom is 0.490 e. The normalized spacial score (nSPS) is 11.8. The van der Waals surface area contributed by atoms with Gasteiger partial charge in [0.1, 0.15) is 12.4 Å². The van der Waals surface area contributed by atoms with Crippen LogP contribution in [0.1, 0.15) is 5.56 Å². The van der Waals surface area contributed by atoms with E-state index in [0.717, 1.165) is 6.07 Å². The summed E-state index contributed by atoms with van der Waals surface area (Å²) in [6.45, 7) is -0.439. The lowest BCUT2D eigenvalue weighted by atomic mass is 9.95. The van der Waals surface area contributed by atoms with E-state index < -0.39 is 36.4 Å². The molecule has 0 amide bonds. The first-order chi connectivity index (χ1) is 16.6. The first-order valence-corrected chi connectivity index (χ1v) is 9.64.